The van der Waals surface area contributed by atoms with E-state index < -0.39 is 11.4 Å². The van der Waals surface area contributed by atoms with Gasteiger partial charge in [-0.25, -0.2) is 0 Å². The molecule has 1 fully saturated rings. The van der Waals surface area contributed by atoms with Crippen LogP contribution in [0, 0.1) is 0 Å². The molecule has 88 valence electrons. The first-order chi connectivity index (χ1) is 7.27. The van der Waals surface area contributed by atoms with Gasteiger partial charge >= 0.3 is 5.97 Å². The van der Waals surface area contributed by atoms with Crippen molar-refractivity contribution in [2.24, 2.45) is 7.05 Å². The average molecular weight is 222 g/mol. The molecule has 1 aromatic heterocycles. The van der Waals surface area contributed by atoms with Crippen molar-refractivity contribution in [1.82, 2.24) is 9.78 Å². The maximum atomic E-state index is 11.3. The van der Waals surface area contributed by atoms with Crippen molar-refractivity contribution in [2.45, 2.75) is 44.4 Å². The van der Waals surface area contributed by atoms with E-state index in [-0.39, 0.29) is 5.41 Å². The fourth-order valence-corrected chi connectivity index (χ4v) is 2.12. The lowest BCUT2D eigenvalue weighted by molar-refractivity contribution is -0.140. The Morgan fingerprint density at radius 3 is 2.44 bits per heavy atom. The Labute approximate surface area is 95.3 Å². The normalized spacial score (nSPS) is 18.5. The molecule has 16 heavy (non-hydrogen) atoms. The molecule has 0 aliphatic heterocycles. The van der Waals surface area contributed by atoms with E-state index in [0.717, 1.165) is 24.1 Å². The van der Waals surface area contributed by atoms with Gasteiger partial charge in [-0.1, -0.05) is 20.8 Å². The van der Waals surface area contributed by atoms with Crippen molar-refractivity contribution in [1.29, 1.82) is 0 Å². The number of rotatable bonds is 2. The van der Waals surface area contributed by atoms with Crippen LogP contribution in [-0.4, -0.2) is 20.9 Å². The Hall–Kier alpha value is -1.32. The van der Waals surface area contributed by atoms with Crippen molar-refractivity contribution in [2.75, 3.05) is 0 Å². The standard InChI is InChI=1S/C12H18N2O2/c1-11(2,3)9-8(7-14(4)13-9)12(5-6-12)10(15)16/h7H,5-6H2,1-4H3,(H,15,16). The third-order valence-electron chi connectivity index (χ3n) is 3.21. The van der Waals surface area contributed by atoms with E-state index in [0.29, 0.717) is 0 Å². The van der Waals surface area contributed by atoms with Gasteiger partial charge < -0.3 is 5.11 Å². The van der Waals surface area contributed by atoms with E-state index >= 15 is 0 Å². The van der Waals surface area contributed by atoms with Crippen LogP contribution in [0.3, 0.4) is 0 Å². The molecule has 1 aliphatic rings. The highest BCUT2D eigenvalue weighted by atomic mass is 16.4. The van der Waals surface area contributed by atoms with E-state index in [2.05, 4.69) is 25.9 Å². The number of hydrogen-bond donors (Lipinski definition) is 1. The van der Waals surface area contributed by atoms with E-state index in [4.69, 9.17) is 0 Å². The van der Waals surface area contributed by atoms with Crippen molar-refractivity contribution in [3.8, 4) is 0 Å². The number of aliphatic carboxylic acids is 1. The summed E-state index contributed by atoms with van der Waals surface area (Å²) in [5, 5.41) is 13.7. The first-order valence-electron chi connectivity index (χ1n) is 5.55. The van der Waals surface area contributed by atoms with E-state index in [1.54, 1.807) is 4.68 Å². The summed E-state index contributed by atoms with van der Waals surface area (Å²) in [6, 6.07) is 0. The summed E-state index contributed by atoms with van der Waals surface area (Å²) in [6.45, 7) is 6.20. The van der Waals surface area contributed by atoms with E-state index in [1.807, 2.05) is 13.2 Å². The van der Waals surface area contributed by atoms with Gasteiger partial charge in [0.05, 0.1) is 11.1 Å². The maximum Gasteiger partial charge on any atom is 0.314 e. The van der Waals surface area contributed by atoms with Crippen molar-refractivity contribution < 1.29 is 9.90 Å². The van der Waals surface area contributed by atoms with Gasteiger partial charge in [-0.05, 0) is 12.8 Å². The van der Waals surface area contributed by atoms with Crippen molar-refractivity contribution >= 4 is 5.97 Å². The second kappa shape index (κ2) is 3.09. The molecule has 2 rings (SSSR count). The fraction of sp³-hybridized carbons (Fsp3) is 0.667. The molecule has 1 aromatic rings. The Kier molecular flexibility index (Phi) is 2.16. The molecule has 0 atom stereocenters. The van der Waals surface area contributed by atoms with Gasteiger partial charge in [0.15, 0.2) is 0 Å². The van der Waals surface area contributed by atoms with Crippen LogP contribution < -0.4 is 0 Å². The molecule has 0 spiro atoms. The van der Waals surface area contributed by atoms with Crippen molar-refractivity contribution in [3.05, 3.63) is 17.5 Å². The van der Waals surface area contributed by atoms with Gasteiger partial charge in [-0.3, -0.25) is 9.48 Å². The number of nitrogens with zero attached hydrogens (tertiary/aromatic N) is 2. The molecule has 0 bridgehead atoms. The molecular formula is C12H18N2O2. The lowest BCUT2D eigenvalue weighted by atomic mass is 9.84. The zero-order valence-electron chi connectivity index (χ0n) is 10.2. The Morgan fingerprint density at radius 1 is 1.50 bits per heavy atom. The Bertz CT molecular complexity index is 436. The van der Waals surface area contributed by atoms with Gasteiger partial charge in [0.2, 0.25) is 0 Å². The number of carboxylic acids is 1. The summed E-state index contributed by atoms with van der Waals surface area (Å²) >= 11 is 0. The Balaban J connectivity index is 2.54. The number of carboxylic acid groups (broad SMARTS) is 1. The first-order valence-corrected chi connectivity index (χ1v) is 5.55. The van der Waals surface area contributed by atoms with Gasteiger partial charge in [0.25, 0.3) is 0 Å². The smallest absolute Gasteiger partial charge is 0.314 e. The zero-order valence-corrected chi connectivity index (χ0v) is 10.2. The molecule has 0 unspecified atom stereocenters. The number of aromatic nitrogens is 2. The highest BCUT2D eigenvalue weighted by Crippen LogP contribution is 2.50. The molecule has 0 saturated heterocycles. The SMILES string of the molecule is Cn1cc(C2(C(=O)O)CC2)c(C(C)(C)C)n1. The molecule has 0 amide bonds. The maximum absolute atomic E-state index is 11.3. The lowest BCUT2D eigenvalue weighted by Crippen LogP contribution is -2.24. The second-order valence-corrected chi connectivity index (χ2v) is 5.70. The van der Waals surface area contributed by atoms with E-state index in [9.17, 15) is 9.90 Å². The van der Waals surface area contributed by atoms with E-state index in [1.165, 1.54) is 0 Å². The topological polar surface area (TPSA) is 55.1 Å². The quantitative estimate of drug-likeness (QED) is 0.830. The van der Waals surface area contributed by atoms with Crippen LogP contribution in [0.1, 0.15) is 44.9 Å². The fourth-order valence-electron chi connectivity index (χ4n) is 2.12. The average Bonchev–Trinajstić information content (AvgIpc) is 2.83. The summed E-state index contributed by atoms with van der Waals surface area (Å²) in [5.74, 6) is -0.717. The molecule has 4 nitrogen and oxygen atoms in total. The number of hydrogen-bond acceptors (Lipinski definition) is 2. The third-order valence-corrected chi connectivity index (χ3v) is 3.21. The monoisotopic (exact) mass is 222 g/mol. The summed E-state index contributed by atoms with van der Waals surface area (Å²) in [6.07, 6.45) is 3.33. The highest BCUT2D eigenvalue weighted by Gasteiger charge is 2.54. The second-order valence-electron chi connectivity index (χ2n) is 5.70. The molecule has 0 radical (unpaired) electrons. The highest BCUT2D eigenvalue weighted by molar-refractivity contribution is 5.85. The van der Waals surface area contributed by atoms with Gasteiger partial charge in [0, 0.05) is 24.2 Å². The Morgan fingerprint density at radius 2 is 2.06 bits per heavy atom. The lowest BCUT2D eigenvalue weighted by Gasteiger charge is -2.20. The minimum absolute atomic E-state index is 0.109. The van der Waals surface area contributed by atoms with Crippen molar-refractivity contribution in [3.63, 3.8) is 0 Å². The number of aryl methyl sites for hydroxylation is 1. The van der Waals surface area contributed by atoms with Crippen LogP contribution in [0.4, 0.5) is 0 Å². The van der Waals surface area contributed by atoms with Crippen LogP contribution in [0.2, 0.25) is 0 Å². The predicted octanol–water partition coefficient (Wildman–Crippen LogP) is 1.83. The molecule has 0 aromatic carbocycles. The molecule has 1 N–H and O–H groups in total. The first kappa shape index (κ1) is 11.2. The van der Waals surface area contributed by atoms with Gasteiger partial charge in [-0.15, -0.1) is 0 Å². The zero-order chi connectivity index (χ0) is 12.1. The van der Waals surface area contributed by atoms with Gasteiger partial charge in [0.1, 0.15) is 0 Å². The largest absolute Gasteiger partial charge is 0.481 e. The minimum Gasteiger partial charge on any atom is -0.481 e. The molecule has 1 aliphatic carbocycles. The summed E-state index contributed by atoms with van der Waals surface area (Å²) in [5.41, 5.74) is 1.04. The summed E-state index contributed by atoms with van der Waals surface area (Å²) < 4.78 is 1.72. The van der Waals surface area contributed by atoms with Crippen LogP contribution in [0.25, 0.3) is 0 Å². The number of carbonyl (C=O) groups is 1. The van der Waals surface area contributed by atoms with Gasteiger partial charge in [-0.2, -0.15) is 5.10 Å². The summed E-state index contributed by atoms with van der Waals surface area (Å²) in [7, 11) is 1.84. The van der Waals surface area contributed by atoms with Crippen LogP contribution in [0.5, 0.6) is 0 Å². The van der Waals surface area contributed by atoms with Crippen LogP contribution in [0.15, 0.2) is 6.20 Å². The predicted molar refractivity (Wildman–Crippen MR) is 60.5 cm³/mol. The minimum atomic E-state index is -0.717. The molecule has 1 saturated carbocycles. The van der Waals surface area contributed by atoms with Crippen LogP contribution >= 0.6 is 0 Å². The van der Waals surface area contributed by atoms with Crippen LogP contribution in [-0.2, 0) is 22.7 Å². The molecule has 1 heterocycles. The third kappa shape index (κ3) is 1.52. The molecule has 4 heteroatoms. The summed E-state index contributed by atoms with van der Waals surface area (Å²) in [4.78, 5) is 11.3. The molecular weight excluding hydrogens is 204 g/mol.